The quantitative estimate of drug-likeness (QED) is 0.699. The fourth-order valence-corrected chi connectivity index (χ4v) is 4.27. The maximum absolute atomic E-state index is 13.6. The van der Waals surface area contributed by atoms with E-state index >= 15 is 0 Å². The molecule has 2 aromatic heterocycles. The Morgan fingerprint density at radius 3 is 2.78 bits per heavy atom. The molecule has 1 aromatic carbocycles. The molecule has 0 radical (unpaired) electrons. The molecule has 4 rings (SSSR count). The molecule has 1 aliphatic carbocycles. The lowest BCUT2D eigenvalue weighted by molar-refractivity contribution is -0.129. The van der Waals surface area contributed by atoms with E-state index in [9.17, 15) is 9.18 Å². The molecule has 138 valence electrons. The molecule has 3 aromatic rings. The van der Waals surface area contributed by atoms with Crippen molar-refractivity contribution in [3.05, 3.63) is 70.4 Å². The highest BCUT2D eigenvalue weighted by atomic mass is 32.1. The molecule has 1 fully saturated rings. The van der Waals surface area contributed by atoms with Gasteiger partial charge in [-0.3, -0.25) is 9.78 Å². The van der Waals surface area contributed by atoms with Crippen LogP contribution in [0.4, 0.5) is 4.39 Å². The maximum atomic E-state index is 13.6. The molecule has 1 saturated carbocycles. The summed E-state index contributed by atoms with van der Waals surface area (Å²) in [6, 6.07) is 12.2. The molecule has 0 unspecified atom stereocenters. The smallest absolute Gasteiger partial charge is 0.230 e. The normalized spacial score (nSPS) is 15.1. The van der Waals surface area contributed by atoms with Gasteiger partial charge in [-0.15, -0.1) is 11.3 Å². The Morgan fingerprint density at radius 2 is 2.07 bits per heavy atom. The summed E-state index contributed by atoms with van der Waals surface area (Å²) in [7, 11) is 0. The van der Waals surface area contributed by atoms with Gasteiger partial charge in [0, 0.05) is 24.5 Å². The Morgan fingerprint density at radius 1 is 1.19 bits per heavy atom. The van der Waals surface area contributed by atoms with Crippen LogP contribution < -0.4 is 5.32 Å². The minimum atomic E-state index is -0.579. The fourth-order valence-electron chi connectivity index (χ4n) is 3.47. The van der Waals surface area contributed by atoms with E-state index in [1.165, 1.54) is 12.1 Å². The molecule has 0 atom stereocenters. The Labute approximate surface area is 161 Å². The molecule has 27 heavy (non-hydrogen) atoms. The van der Waals surface area contributed by atoms with Crippen LogP contribution in [0.1, 0.15) is 29.8 Å². The van der Waals surface area contributed by atoms with Gasteiger partial charge in [0.2, 0.25) is 5.91 Å². The van der Waals surface area contributed by atoms with Crippen LogP contribution in [0, 0.1) is 5.82 Å². The number of carbonyl (C=O) groups excluding carboxylic acids is 1. The predicted octanol–water partition coefficient (Wildman–Crippen LogP) is 4.12. The van der Waals surface area contributed by atoms with Crippen molar-refractivity contribution in [2.24, 2.45) is 0 Å². The van der Waals surface area contributed by atoms with E-state index in [0.29, 0.717) is 13.0 Å². The van der Waals surface area contributed by atoms with Crippen LogP contribution in [-0.2, 0) is 16.6 Å². The van der Waals surface area contributed by atoms with Gasteiger partial charge >= 0.3 is 0 Å². The summed E-state index contributed by atoms with van der Waals surface area (Å²) in [5, 5.41) is 5.98. The molecule has 0 spiro atoms. The summed E-state index contributed by atoms with van der Waals surface area (Å²) in [4.78, 5) is 21.7. The van der Waals surface area contributed by atoms with Gasteiger partial charge in [-0.25, -0.2) is 9.37 Å². The number of thiazole rings is 1. The second-order valence-corrected chi connectivity index (χ2v) is 7.74. The number of halogens is 1. The first kappa shape index (κ1) is 17.8. The molecule has 1 N–H and O–H groups in total. The molecule has 0 bridgehead atoms. The maximum Gasteiger partial charge on any atom is 0.230 e. The van der Waals surface area contributed by atoms with Gasteiger partial charge in [-0.1, -0.05) is 24.6 Å². The van der Waals surface area contributed by atoms with Crippen LogP contribution >= 0.6 is 11.3 Å². The number of hydrogen-bond acceptors (Lipinski definition) is 4. The number of amides is 1. The van der Waals surface area contributed by atoms with Crippen LogP contribution in [-0.4, -0.2) is 22.4 Å². The van der Waals surface area contributed by atoms with Gasteiger partial charge in [0.25, 0.3) is 0 Å². The van der Waals surface area contributed by atoms with Gasteiger partial charge < -0.3 is 5.32 Å². The van der Waals surface area contributed by atoms with Gasteiger partial charge in [0.1, 0.15) is 5.82 Å². The van der Waals surface area contributed by atoms with E-state index in [4.69, 9.17) is 0 Å². The van der Waals surface area contributed by atoms with Crippen LogP contribution in [0.3, 0.4) is 0 Å². The average molecular weight is 381 g/mol. The van der Waals surface area contributed by atoms with Crippen molar-refractivity contribution >= 4 is 17.2 Å². The first-order valence-electron chi connectivity index (χ1n) is 9.07. The van der Waals surface area contributed by atoms with Crippen LogP contribution in [0.15, 0.2) is 54.0 Å². The van der Waals surface area contributed by atoms with E-state index in [2.05, 4.69) is 15.3 Å². The van der Waals surface area contributed by atoms with Crippen molar-refractivity contribution in [2.75, 3.05) is 6.54 Å². The number of pyridine rings is 1. The Kier molecular flexibility index (Phi) is 4.99. The highest BCUT2D eigenvalue weighted by molar-refractivity contribution is 7.09. The SMILES string of the molecule is O=C(NCCc1nc(-c2ccccn2)cs1)C1(c2cccc(F)c2)CCC1. The van der Waals surface area contributed by atoms with Crippen molar-refractivity contribution in [3.63, 3.8) is 0 Å². The number of carbonyl (C=O) groups is 1. The third-order valence-electron chi connectivity index (χ3n) is 5.12. The third-order valence-corrected chi connectivity index (χ3v) is 6.03. The molecule has 2 heterocycles. The van der Waals surface area contributed by atoms with Crippen molar-refractivity contribution in [3.8, 4) is 11.4 Å². The summed E-state index contributed by atoms with van der Waals surface area (Å²) in [6.07, 6.45) is 4.94. The summed E-state index contributed by atoms with van der Waals surface area (Å²) < 4.78 is 13.6. The average Bonchev–Trinajstić information content (AvgIpc) is 3.11. The molecule has 0 aliphatic heterocycles. The molecular formula is C21H20FN3OS. The lowest BCUT2D eigenvalue weighted by atomic mass is 9.64. The van der Waals surface area contributed by atoms with E-state index < -0.39 is 5.41 Å². The minimum absolute atomic E-state index is 0.0131. The molecule has 6 heteroatoms. The highest BCUT2D eigenvalue weighted by Gasteiger charge is 2.45. The Bertz CT molecular complexity index is 937. The number of nitrogens with one attached hydrogen (secondary N) is 1. The third kappa shape index (κ3) is 3.62. The summed E-state index contributed by atoms with van der Waals surface area (Å²) >= 11 is 1.57. The van der Waals surface area contributed by atoms with E-state index in [0.717, 1.165) is 41.2 Å². The predicted molar refractivity (Wildman–Crippen MR) is 104 cm³/mol. The van der Waals surface area contributed by atoms with Crippen molar-refractivity contribution in [1.29, 1.82) is 0 Å². The summed E-state index contributed by atoms with van der Waals surface area (Å²) in [6.45, 7) is 0.519. The number of nitrogens with zero attached hydrogens (tertiary/aromatic N) is 2. The van der Waals surface area contributed by atoms with Gasteiger partial charge in [-0.2, -0.15) is 0 Å². The number of benzene rings is 1. The van der Waals surface area contributed by atoms with Crippen molar-refractivity contribution < 1.29 is 9.18 Å². The second kappa shape index (κ2) is 7.56. The van der Waals surface area contributed by atoms with E-state index in [-0.39, 0.29) is 11.7 Å². The monoisotopic (exact) mass is 381 g/mol. The first-order chi connectivity index (χ1) is 13.2. The Balaban J connectivity index is 1.38. The molecule has 1 amide bonds. The lowest BCUT2D eigenvalue weighted by Gasteiger charge is -2.40. The van der Waals surface area contributed by atoms with Crippen LogP contribution in [0.5, 0.6) is 0 Å². The molecule has 4 nitrogen and oxygen atoms in total. The molecule has 0 saturated heterocycles. The van der Waals surface area contributed by atoms with Crippen LogP contribution in [0.2, 0.25) is 0 Å². The molecule has 1 aliphatic rings. The number of rotatable bonds is 6. The highest BCUT2D eigenvalue weighted by Crippen LogP contribution is 2.44. The fraction of sp³-hybridized carbons (Fsp3) is 0.286. The second-order valence-electron chi connectivity index (χ2n) is 6.79. The van der Waals surface area contributed by atoms with E-state index in [1.807, 2.05) is 29.6 Å². The van der Waals surface area contributed by atoms with Crippen LogP contribution in [0.25, 0.3) is 11.4 Å². The topological polar surface area (TPSA) is 54.9 Å². The van der Waals surface area contributed by atoms with Gasteiger partial charge in [0.05, 0.1) is 21.8 Å². The first-order valence-corrected chi connectivity index (χ1v) is 9.95. The summed E-state index contributed by atoms with van der Waals surface area (Å²) in [5.41, 5.74) is 1.91. The zero-order valence-corrected chi connectivity index (χ0v) is 15.6. The Hall–Kier alpha value is -2.60. The van der Waals surface area contributed by atoms with Crippen molar-refractivity contribution in [1.82, 2.24) is 15.3 Å². The van der Waals surface area contributed by atoms with Gasteiger partial charge in [0.15, 0.2) is 0 Å². The van der Waals surface area contributed by atoms with Gasteiger partial charge in [-0.05, 0) is 42.7 Å². The van der Waals surface area contributed by atoms with E-state index in [1.54, 1.807) is 23.6 Å². The minimum Gasteiger partial charge on any atom is -0.355 e. The zero-order chi connectivity index (χ0) is 18.7. The zero-order valence-electron chi connectivity index (χ0n) is 14.8. The van der Waals surface area contributed by atoms with Crippen molar-refractivity contribution in [2.45, 2.75) is 31.1 Å². The molecular weight excluding hydrogens is 361 g/mol. The largest absolute Gasteiger partial charge is 0.355 e. The summed E-state index contributed by atoms with van der Waals surface area (Å²) in [5.74, 6) is -0.308. The number of aromatic nitrogens is 2. The lowest BCUT2D eigenvalue weighted by Crippen LogP contribution is -2.49. The standard InChI is InChI=1S/C21H20FN3OS/c22-16-6-3-5-15(13-16)21(9-4-10-21)20(26)24-12-8-19-25-18(14-27-19)17-7-1-2-11-23-17/h1-3,5-7,11,13-14H,4,8-10,12H2,(H,24,26). The number of hydrogen-bond donors (Lipinski definition) is 1.